The first-order valence-corrected chi connectivity index (χ1v) is 5.90. The summed E-state index contributed by atoms with van der Waals surface area (Å²) in [4.78, 5) is 0.564. The van der Waals surface area contributed by atoms with E-state index < -0.39 is 0 Å². The minimum Gasteiger partial charge on any atom is -0.0836 e. The average Bonchev–Trinajstić information content (AvgIpc) is 2.41. The molecular formula is C12H15Br. The summed E-state index contributed by atoms with van der Waals surface area (Å²) >= 11 is 3.78. The first-order chi connectivity index (χ1) is 6.25. The topological polar surface area (TPSA) is 0 Å². The summed E-state index contributed by atoms with van der Waals surface area (Å²) in [5, 5.41) is 0. The van der Waals surface area contributed by atoms with Crippen molar-refractivity contribution in [2.45, 2.75) is 31.0 Å². The van der Waals surface area contributed by atoms with Gasteiger partial charge in [0.05, 0.1) is 0 Å². The maximum absolute atomic E-state index is 3.78. The molecule has 1 aliphatic carbocycles. The van der Waals surface area contributed by atoms with Gasteiger partial charge in [-0.05, 0) is 29.4 Å². The standard InChI is InChI=1S/C12H15Br/c1-3-9-8(2)12(13)11-7-5-4-6-10(9)11/h4-9,12H,3H2,1-2H3. The van der Waals surface area contributed by atoms with Crippen molar-refractivity contribution < 1.29 is 0 Å². The highest BCUT2D eigenvalue weighted by molar-refractivity contribution is 9.09. The summed E-state index contributed by atoms with van der Waals surface area (Å²) in [6.45, 7) is 4.62. The molecule has 3 atom stereocenters. The first-order valence-electron chi connectivity index (χ1n) is 4.98. The molecule has 0 saturated carbocycles. The SMILES string of the molecule is CCC1c2ccccc2C(Br)C1C. The summed E-state index contributed by atoms with van der Waals surface area (Å²) in [6.07, 6.45) is 1.25. The van der Waals surface area contributed by atoms with E-state index >= 15 is 0 Å². The number of alkyl halides is 1. The van der Waals surface area contributed by atoms with Gasteiger partial charge in [0, 0.05) is 4.83 Å². The molecule has 0 radical (unpaired) electrons. The van der Waals surface area contributed by atoms with E-state index in [-0.39, 0.29) is 0 Å². The third kappa shape index (κ3) is 1.34. The highest BCUT2D eigenvalue weighted by Gasteiger charge is 2.34. The molecule has 0 aliphatic heterocycles. The number of fused-ring (bicyclic) bond motifs is 1. The lowest BCUT2D eigenvalue weighted by atomic mass is 9.92. The molecule has 0 amide bonds. The predicted molar refractivity (Wildman–Crippen MR) is 60.3 cm³/mol. The van der Waals surface area contributed by atoms with Crippen LogP contribution in [0.25, 0.3) is 0 Å². The second kappa shape index (κ2) is 3.45. The molecule has 1 heteroatoms. The molecule has 70 valence electrons. The van der Waals surface area contributed by atoms with Crippen LogP contribution >= 0.6 is 15.9 Å². The largest absolute Gasteiger partial charge is 0.0836 e. The monoisotopic (exact) mass is 238 g/mol. The maximum atomic E-state index is 3.78. The van der Waals surface area contributed by atoms with Crippen molar-refractivity contribution in [3.05, 3.63) is 35.4 Å². The Morgan fingerprint density at radius 3 is 2.46 bits per heavy atom. The number of hydrogen-bond donors (Lipinski definition) is 0. The van der Waals surface area contributed by atoms with Crippen LogP contribution in [0.4, 0.5) is 0 Å². The average molecular weight is 239 g/mol. The zero-order chi connectivity index (χ0) is 9.42. The number of benzene rings is 1. The van der Waals surface area contributed by atoms with E-state index in [1.807, 2.05) is 0 Å². The third-order valence-corrected chi connectivity index (χ3v) is 4.56. The van der Waals surface area contributed by atoms with Gasteiger partial charge in [0.25, 0.3) is 0 Å². The maximum Gasteiger partial charge on any atom is 0.0429 e. The molecule has 1 aliphatic rings. The molecule has 1 aromatic carbocycles. The summed E-state index contributed by atoms with van der Waals surface area (Å²) in [5.41, 5.74) is 3.06. The second-order valence-corrected chi connectivity index (χ2v) is 4.89. The van der Waals surface area contributed by atoms with Crippen LogP contribution in [0.15, 0.2) is 24.3 Å². The van der Waals surface area contributed by atoms with Crippen LogP contribution < -0.4 is 0 Å². The zero-order valence-corrected chi connectivity index (χ0v) is 9.71. The van der Waals surface area contributed by atoms with E-state index in [0.29, 0.717) is 4.83 Å². The third-order valence-electron chi connectivity index (χ3n) is 3.23. The fraction of sp³-hybridized carbons (Fsp3) is 0.500. The molecule has 0 N–H and O–H groups in total. The minimum atomic E-state index is 0.564. The van der Waals surface area contributed by atoms with Gasteiger partial charge in [-0.1, -0.05) is 54.0 Å². The number of hydrogen-bond acceptors (Lipinski definition) is 0. The molecule has 0 spiro atoms. The lowest BCUT2D eigenvalue weighted by molar-refractivity contribution is 0.484. The lowest BCUT2D eigenvalue weighted by Gasteiger charge is -2.15. The van der Waals surface area contributed by atoms with E-state index in [2.05, 4.69) is 54.0 Å². The summed E-state index contributed by atoms with van der Waals surface area (Å²) < 4.78 is 0. The molecule has 13 heavy (non-hydrogen) atoms. The van der Waals surface area contributed by atoms with Crippen molar-refractivity contribution in [3.63, 3.8) is 0 Å². The number of rotatable bonds is 1. The predicted octanol–water partition coefficient (Wildman–Crippen LogP) is 4.27. The van der Waals surface area contributed by atoms with Crippen LogP contribution in [0.2, 0.25) is 0 Å². The van der Waals surface area contributed by atoms with Gasteiger partial charge in [0.2, 0.25) is 0 Å². The van der Waals surface area contributed by atoms with Gasteiger partial charge in [-0.25, -0.2) is 0 Å². The quantitative estimate of drug-likeness (QED) is 0.642. The normalized spacial score (nSPS) is 31.8. The van der Waals surface area contributed by atoms with Gasteiger partial charge >= 0.3 is 0 Å². The van der Waals surface area contributed by atoms with Gasteiger partial charge in [0.15, 0.2) is 0 Å². The van der Waals surface area contributed by atoms with Gasteiger partial charge in [-0.2, -0.15) is 0 Å². The minimum absolute atomic E-state index is 0.564. The van der Waals surface area contributed by atoms with E-state index in [4.69, 9.17) is 0 Å². The Bertz CT molecular complexity index is 306. The van der Waals surface area contributed by atoms with Crippen LogP contribution in [0.5, 0.6) is 0 Å². The molecule has 0 nitrogen and oxygen atoms in total. The first kappa shape index (κ1) is 9.26. The Hall–Kier alpha value is -0.300. The van der Waals surface area contributed by atoms with Crippen LogP contribution in [-0.4, -0.2) is 0 Å². The molecule has 3 unspecified atom stereocenters. The van der Waals surface area contributed by atoms with Crippen molar-refractivity contribution >= 4 is 15.9 Å². The van der Waals surface area contributed by atoms with Crippen molar-refractivity contribution in [1.82, 2.24) is 0 Å². The Morgan fingerprint density at radius 1 is 1.23 bits per heavy atom. The Kier molecular flexibility index (Phi) is 2.46. The van der Waals surface area contributed by atoms with Gasteiger partial charge in [-0.3, -0.25) is 0 Å². The van der Waals surface area contributed by atoms with Crippen LogP contribution in [0.1, 0.15) is 42.1 Å². The second-order valence-electron chi connectivity index (χ2n) is 3.90. The van der Waals surface area contributed by atoms with Crippen molar-refractivity contribution in [2.24, 2.45) is 5.92 Å². The van der Waals surface area contributed by atoms with Crippen molar-refractivity contribution in [2.75, 3.05) is 0 Å². The van der Waals surface area contributed by atoms with Crippen LogP contribution in [0.3, 0.4) is 0 Å². The molecule has 0 aromatic heterocycles. The summed E-state index contributed by atoms with van der Waals surface area (Å²) in [6, 6.07) is 8.82. The Morgan fingerprint density at radius 2 is 1.85 bits per heavy atom. The Labute approximate surface area is 88.5 Å². The fourth-order valence-corrected chi connectivity index (χ4v) is 3.25. The van der Waals surface area contributed by atoms with E-state index in [9.17, 15) is 0 Å². The van der Waals surface area contributed by atoms with E-state index in [1.165, 1.54) is 12.0 Å². The zero-order valence-electron chi connectivity index (χ0n) is 8.13. The van der Waals surface area contributed by atoms with Crippen molar-refractivity contribution in [3.8, 4) is 0 Å². The molecule has 0 heterocycles. The van der Waals surface area contributed by atoms with E-state index in [1.54, 1.807) is 5.56 Å². The molecule has 0 bridgehead atoms. The van der Waals surface area contributed by atoms with Gasteiger partial charge in [0.1, 0.15) is 0 Å². The fourth-order valence-electron chi connectivity index (χ4n) is 2.46. The van der Waals surface area contributed by atoms with Gasteiger partial charge in [-0.15, -0.1) is 0 Å². The summed E-state index contributed by atoms with van der Waals surface area (Å²) in [7, 11) is 0. The van der Waals surface area contributed by atoms with Gasteiger partial charge < -0.3 is 0 Å². The van der Waals surface area contributed by atoms with Crippen molar-refractivity contribution in [1.29, 1.82) is 0 Å². The molecular weight excluding hydrogens is 224 g/mol. The molecule has 0 saturated heterocycles. The Balaban J connectivity index is 2.47. The highest BCUT2D eigenvalue weighted by Crippen LogP contribution is 2.50. The molecule has 1 aromatic rings. The van der Waals surface area contributed by atoms with E-state index in [0.717, 1.165) is 11.8 Å². The highest BCUT2D eigenvalue weighted by atomic mass is 79.9. The summed E-state index contributed by atoms with van der Waals surface area (Å²) in [5.74, 6) is 1.49. The lowest BCUT2D eigenvalue weighted by Crippen LogP contribution is -2.03. The molecule has 2 rings (SSSR count). The van der Waals surface area contributed by atoms with Crippen LogP contribution in [0, 0.1) is 5.92 Å². The smallest absolute Gasteiger partial charge is 0.0429 e. The molecule has 0 fully saturated rings. The van der Waals surface area contributed by atoms with Crippen LogP contribution in [-0.2, 0) is 0 Å². The number of halogens is 1.